The maximum atomic E-state index is 13.4. The van der Waals surface area contributed by atoms with Gasteiger partial charge in [0.2, 0.25) is 5.95 Å². The summed E-state index contributed by atoms with van der Waals surface area (Å²) < 4.78 is 11.2. The van der Waals surface area contributed by atoms with Crippen molar-refractivity contribution in [3.8, 4) is 11.5 Å². The number of nitrogens with two attached hydrogens (primary N) is 2. The van der Waals surface area contributed by atoms with E-state index in [9.17, 15) is 4.79 Å². The third-order valence-corrected chi connectivity index (χ3v) is 5.90. The van der Waals surface area contributed by atoms with E-state index in [0.29, 0.717) is 29.3 Å². The van der Waals surface area contributed by atoms with Crippen molar-refractivity contribution in [3.63, 3.8) is 0 Å². The van der Waals surface area contributed by atoms with Crippen LogP contribution in [0.1, 0.15) is 47.7 Å². The van der Waals surface area contributed by atoms with Crippen LogP contribution in [0.5, 0.6) is 11.5 Å². The number of hydrogen-bond acceptors (Lipinski definition) is 8. The highest BCUT2D eigenvalue weighted by Crippen LogP contribution is 2.35. The van der Waals surface area contributed by atoms with Crippen LogP contribution < -0.4 is 20.9 Å². The first-order valence-electron chi connectivity index (χ1n) is 11.7. The Morgan fingerprint density at radius 3 is 2.62 bits per heavy atom. The van der Waals surface area contributed by atoms with Gasteiger partial charge in [-0.2, -0.15) is 10.1 Å². The third kappa shape index (κ3) is 5.61. The van der Waals surface area contributed by atoms with Crippen molar-refractivity contribution in [1.29, 1.82) is 0 Å². The molecule has 190 valence electrons. The molecule has 0 fully saturated rings. The summed E-state index contributed by atoms with van der Waals surface area (Å²) in [5.74, 6) is 1.18. The van der Waals surface area contributed by atoms with E-state index in [4.69, 9.17) is 20.9 Å². The van der Waals surface area contributed by atoms with Gasteiger partial charge in [0.1, 0.15) is 5.82 Å². The Labute approximate surface area is 216 Å². The van der Waals surface area contributed by atoms with Gasteiger partial charge in [-0.15, -0.1) is 0 Å². The number of ether oxygens (including phenoxy) is 2. The number of hydrogen-bond donors (Lipinski definition) is 2. The minimum Gasteiger partial charge on any atom is -0.493 e. The molecule has 4 rings (SSSR count). The van der Waals surface area contributed by atoms with Gasteiger partial charge < -0.3 is 20.9 Å². The molecular weight excluding hydrogens is 468 g/mol. The Hall–Kier alpha value is -4.66. The molecule has 1 aromatic heterocycles. The monoisotopic (exact) mass is 498 g/mol. The van der Waals surface area contributed by atoms with E-state index < -0.39 is 0 Å². The number of hydrazone groups is 1. The maximum Gasteiger partial charge on any atom is 0.267 e. The maximum absolute atomic E-state index is 13.4. The molecule has 0 bridgehead atoms. The van der Waals surface area contributed by atoms with Gasteiger partial charge in [-0.1, -0.05) is 35.9 Å². The van der Waals surface area contributed by atoms with Crippen LogP contribution >= 0.6 is 0 Å². The molecule has 1 amide bonds. The Morgan fingerprint density at radius 1 is 1.14 bits per heavy atom. The Kier molecular flexibility index (Phi) is 7.52. The molecule has 4 N–H and O–H groups in total. The fraction of sp³-hybridized carbons (Fsp3) is 0.214. The summed E-state index contributed by atoms with van der Waals surface area (Å²) in [6.45, 7) is 4.00. The molecule has 1 atom stereocenters. The second-order valence-corrected chi connectivity index (χ2v) is 8.81. The van der Waals surface area contributed by atoms with Crippen LogP contribution in [0, 0.1) is 0 Å². The number of anilines is 2. The van der Waals surface area contributed by atoms with Gasteiger partial charge in [0, 0.05) is 35.4 Å². The van der Waals surface area contributed by atoms with E-state index in [1.54, 1.807) is 32.7 Å². The lowest BCUT2D eigenvalue weighted by molar-refractivity contribution is -0.127. The highest BCUT2D eigenvalue weighted by atomic mass is 16.5. The zero-order valence-corrected chi connectivity index (χ0v) is 21.3. The van der Waals surface area contributed by atoms with E-state index in [1.807, 2.05) is 56.3 Å². The van der Waals surface area contributed by atoms with E-state index in [1.165, 1.54) is 11.1 Å². The predicted molar refractivity (Wildman–Crippen MR) is 145 cm³/mol. The van der Waals surface area contributed by atoms with Gasteiger partial charge in [-0.05, 0) is 43.2 Å². The average Bonchev–Trinajstić information content (AvgIpc) is 2.88. The number of amides is 1. The molecule has 1 aliphatic rings. The number of aromatic nitrogens is 2. The number of allylic oxidation sites excluding steroid dienone is 1. The van der Waals surface area contributed by atoms with Crippen LogP contribution in [-0.4, -0.2) is 41.3 Å². The highest BCUT2D eigenvalue weighted by molar-refractivity contribution is 5.95. The second kappa shape index (κ2) is 10.9. The number of methoxy groups -OCH3 is 2. The highest BCUT2D eigenvalue weighted by Gasteiger charge is 2.26. The number of benzene rings is 2. The van der Waals surface area contributed by atoms with Crippen LogP contribution in [0.15, 0.2) is 65.4 Å². The topological polar surface area (TPSA) is 129 Å². The lowest BCUT2D eigenvalue weighted by Crippen LogP contribution is -2.31. The molecule has 9 heteroatoms. The summed E-state index contributed by atoms with van der Waals surface area (Å²) in [5.41, 5.74) is 17.0. The molecule has 1 aliphatic heterocycles. The molecule has 2 aromatic carbocycles. The zero-order chi connectivity index (χ0) is 26.5. The number of nitrogens with zero attached hydrogens (tertiary/aromatic N) is 4. The second-order valence-electron chi connectivity index (χ2n) is 8.81. The third-order valence-electron chi connectivity index (χ3n) is 5.90. The average molecular weight is 499 g/mol. The minimum atomic E-state index is -0.306. The molecule has 0 radical (unpaired) electrons. The van der Waals surface area contributed by atoms with Crippen LogP contribution in [0.25, 0.3) is 6.08 Å². The summed E-state index contributed by atoms with van der Waals surface area (Å²) >= 11 is 0. The van der Waals surface area contributed by atoms with Gasteiger partial charge in [-0.3, -0.25) is 4.79 Å². The van der Waals surface area contributed by atoms with Crippen LogP contribution in [0.4, 0.5) is 11.8 Å². The number of carbonyl (C=O) groups is 1. The predicted octanol–water partition coefficient (Wildman–Crippen LogP) is 4.15. The lowest BCUT2D eigenvalue weighted by Gasteiger charge is -2.29. The number of nitrogen functional groups attached to an aromatic ring is 2. The van der Waals surface area contributed by atoms with Gasteiger partial charge in [0.15, 0.2) is 11.5 Å². The smallest absolute Gasteiger partial charge is 0.267 e. The van der Waals surface area contributed by atoms with E-state index in [-0.39, 0.29) is 17.9 Å². The zero-order valence-electron chi connectivity index (χ0n) is 21.3. The summed E-state index contributed by atoms with van der Waals surface area (Å²) in [7, 11) is 3.12. The van der Waals surface area contributed by atoms with Crippen LogP contribution in [0.2, 0.25) is 0 Å². The molecule has 0 saturated heterocycles. The summed E-state index contributed by atoms with van der Waals surface area (Å²) in [4.78, 5) is 21.4. The molecule has 2 heterocycles. The Morgan fingerprint density at radius 2 is 1.92 bits per heavy atom. The van der Waals surface area contributed by atoms with Crippen molar-refractivity contribution >= 4 is 30.0 Å². The van der Waals surface area contributed by atoms with Gasteiger partial charge in [0.25, 0.3) is 5.91 Å². The fourth-order valence-electron chi connectivity index (χ4n) is 4.20. The molecule has 9 nitrogen and oxygen atoms in total. The van der Waals surface area contributed by atoms with Crippen molar-refractivity contribution in [2.24, 2.45) is 5.10 Å². The van der Waals surface area contributed by atoms with Gasteiger partial charge in [-0.25, -0.2) is 9.99 Å². The molecule has 37 heavy (non-hydrogen) atoms. The van der Waals surface area contributed by atoms with Crippen LogP contribution in [0.3, 0.4) is 0 Å². The number of rotatable bonds is 7. The molecule has 3 aromatic rings. The number of carbonyl (C=O) groups excluding carboxylic acids is 1. The summed E-state index contributed by atoms with van der Waals surface area (Å²) in [6, 6.07) is 11.4. The molecule has 0 aliphatic carbocycles. The summed E-state index contributed by atoms with van der Waals surface area (Å²) in [6.07, 6.45) is 8.97. The standard InChI is InChI=1S/C28H30N6O3/c1-17(2)11-23-22-8-6-5-7-20(22)16-32-34(23)25(35)10-9-19-12-18(14-24(36-3)26(19)37-4)13-21-15-31-28(30)33-27(21)29/h5-12,14-16,23H,13H2,1-4H3,(H4,29,30,31,33)/b10-9+/t23-/m0/s1. The lowest BCUT2D eigenvalue weighted by atomic mass is 9.97. The van der Waals surface area contributed by atoms with Crippen LogP contribution in [-0.2, 0) is 11.2 Å². The van der Waals surface area contributed by atoms with Crippen molar-refractivity contribution in [3.05, 3.63) is 88.1 Å². The first-order valence-corrected chi connectivity index (χ1v) is 11.7. The van der Waals surface area contributed by atoms with E-state index >= 15 is 0 Å². The van der Waals surface area contributed by atoms with Crippen molar-refractivity contribution in [1.82, 2.24) is 15.0 Å². The van der Waals surface area contributed by atoms with Crippen molar-refractivity contribution < 1.29 is 14.3 Å². The molecule has 0 spiro atoms. The van der Waals surface area contributed by atoms with Gasteiger partial charge >= 0.3 is 0 Å². The van der Waals surface area contributed by atoms with E-state index in [2.05, 4.69) is 15.1 Å². The SMILES string of the molecule is COc1cc(Cc2cnc(N)nc2N)cc(/C=C/C(=O)N2N=Cc3ccccc3[C@@H]2C=C(C)C)c1OC. The quantitative estimate of drug-likeness (QED) is 0.370. The first kappa shape index (κ1) is 25.4. The van der Waals surface area contributed by atoms with Gasteiger partial charge in [0.05, 0.1) is 26.5 Å². The summed E-state index contributed by atoms with van der Waals surface area (Å²) in [5, 5.41) is 5.93. The molecular formula is C28H30N6O3. The van der Waals surface area contributed by atoms with Crippen molar-refractivity contribution in [2.45, 2.75) is 26.3 Å². The largest absolute Gasteiger partial charge is 0.493 e. The van der Waals surface area contributed by atoms with E-state index in [0.717, 1.165) is 27.8 Å². The Bertz CT molecular complexity index is 1410. The number of fused-ring (bicyclic) bond motifs is 1. The molecule has 0 unspecified atom stereocenters. The fourth-order valence-corrected chi connectivity index (χ4v) is 4.20. The minimum absolute atomic E-state index is 0.116. The molecule has 0 saturated carbocycles. The Balaban J connectivity index is 1.67. The van der Waals surface area contributed by atoms with Crippen molar-refractivity contribution in [2.75, 3.05) is 25.7 Å². The first-order chi connectivity index (χ1) is 17.8. The normalized spacial score (nSPS) is 14.4.